The Labute approximate surface area is 199 Å². The van der Waals surface area contributed by atoms with Crippen molar-refractivity contribution in [3.8, 4) is 5.75 Å². The summed E-state index contributed by atoms with van der Waals surface area (Å²) in [6.07, 6.45) is 4.57. The van der Waals surface area contributed by atoms with Gasteiger partial charge in [0.2, 0.25) is 5.91 Å². The molecule has 33 heavy (non-hydrogen) atoms. The van der Waals surface area contributed by atoms with E-state index in [-0.39, 0.29) is 5.91 Å². The van der Waals surface area contributed by atoms with E-state index >= 15 is 0 Å². The van der Waals surface area contributed by atoms with Gasteiger partial charge in [-0.3, -0.25) is 4.79 Å². The first-order valence-electron chi connectivity index (χ1n) is 11.7. The van der Waals surface area contributed by atoms with Crippen molar-refractivity contribution < 1.29 is 9.53 Å². The van der Waals surface area contributed by atoms with Gasteiger partial charge in [0.05, 0.1) is 31.2 Å². The summed E-state index contributed by atoms with van der Waals surface area (Å²) in [4.78, 5) is 24.4. The Morgan fingerprint density at radius 1 is 1.18 bits per heavy atom. The zero-order valence-corrected chi connectivity index (χ0v) is 20.4. The maximum absolute atomic E-state index is 12.4. The van der Waals surface area contributed by atoms with Crippen LogP contribution in [0.15, 0.2) is 35.6 Å². The molecule has 1 aliphatic rings. The average Bonchev–Trinajstić information content (AvgIpc) is 3.45. The number of rotatable bonds is 10. The summed E-state index contributed by atoms with van der Waals surface area (Å²) in [5.41, 5.74) is 1.79. The normalized spacial score (nSPS) is 13.8. The van der Waals surface area contributed by atoms with Gasteiger partial charge in [0, 0.05) is 24.9 Å². The standard InChI is InChI=1S/C24H32N6O2S/c1-4-32-19-9-7-18(8-10-19)15-21(31)25-11-14-30-23-20(16-26-30)22(29-12-5-6-13-29)27-24(28-23)33-17(2)3/h7-10,16-17H,4-6,11-15H2,1-3H3,(H,25,31). The summed E-state index contributed by atoms with van der Waals surface area (Å²) in [7, 11) is 0. The Bertz CT molecular complexity index is 1080. The maximum Gasteiger partial charge on any atom is 0.224 e. The van der Waals surface area contributed by atoms with Crippen molar-refractivity contribution in [1.82, 2.24) is 25.1 Å². The van der Waals surface area contributed by atoms with Gasteiger partial charge in [0.15, 0.2) is 10.8 Å². The van der Waals surface area contributed by atoms with Crippen LogP contribution in [0.3, 0.4) is 0 Å². The van der Waals surface area contributed by atoms with E-state index in [2.05, 4.69) is 29.2 Å². The fourth-order valence-corrected chi connectivity index (χ4v) is 4.64. The molecule has 9 heteroatoms. The van der Waals surface area contributed by atoms with E-state index in [1.54, 1.807) is 11.8 Å². The highest BCUT2D eigenvalue weighted by Gasteiger charge is 2.21. The molecule has 1 amide bonds. The van der Waals surface area contributed by atoms with Gasteiger partial charge in [-0.25, -0.2) is 14.6 Å². The molecule has 0 bridgehead atoms. The fraction of sp³-hybridized carbons (Fsp3) is 0.500. The molecule has 0 spiro atoms. The first kappa shape index (κ1) is 23.4. The van der Waals surface area contributed by atoms with E-state index in [0.29, 0.717) is 31.4 Å². The third-order valence-electron chi connectivity index (χ3n) is 5.45. The molecule has 1 fully saturated rings. The van der Waals surface area contributed by atoms with Crippen LogP contribution in [-0.2, 0) is 17.8 Å². The Balaban J connectivity index is 1.41. The van der Waals surface area contributed by atoms with E-state index in [0.717, 1.165) is 46.4 Å². The lowest BCUT2D eigenvalue weighted by Gasteiger charge is -2.18. The topological polar surface area (TPSA) is 85.2 Å². The number of carbonyl (C=O) groups excluding carboxylic acids is 1. The van der Waals surface area contributed by atoms with Crippen molar-refractivity contribution in [3.63, 3.8) is 0 Å². The molecule has 0 saturated carbocycles. The smallest absolute Gasteiger partial charge is 0.224 e. The van der Waals surface area contributed by atoms with Crippen LogP contribution >= 0.6 is 11.8 Å². The second kappa shape index (κ2) is 10.9. The van der Waals surface area contributed by atoms with Gasteiger partial charge in [-0.15, -0.1) is 0 Å². The van der Waals surface area contributed by atoms with Crippen LogP contribution in [0.1, 0.15) is 39.2 Å². The summed E-state index contributed by atoms with van der Waals surface area (Å²) in [6, 6.07) is 7.64. The summed E-state index contributed by atoms with van der Waals surface area (Å²) in [6.45, 7) is 9.95. The van der Waals surface area contributed by atoms with Crippen LogP contribution in [-0.4, -0.2) is 57.1 Å². The molecule has 1 aliphatic heterocycles. The monoisotopic (exact) mass is 468 g/mol. The van der Waals surface area contributed by atoms with Gasteiger partial charge in [0.1, 0.15) is 11.6 Å². The predicted octanol–water partition coefficient (Wildman–Crippen LogP) is 3.68. The molecule has 1 N–H and O–H groups in total. The molecule has 0 unspecified atom stereocenters. The van der Waals surface area contributed by atoms with Crippen molar-refractivity contribution in [1.29, 1.82) is 0 Å². The van der Waals surface area contributed by atoms with Crippen molar-refractivity contribution in [2.24, 2.45) is 0 Å². The van der Waals surface area contributed by atoms with Crippen molar-refractivity contribution in [3.05, 3.63) is 36.0 Å². The third kappa shape index (κ3) is 5.96. The van der Waals surface area contributed by atoms with Crippen LogP contribution < -0.4 is 15.0 Å². The Morgan fingerprint density at radius 3 is 2.64 bits per heavy atom. The van der Waals surface area contributed by atoms with Crippen molar-refractivity contribution in [2.45, 2.75) is 57.0 Å². The van der Waals surface area contributed by atoms with Crippen LogP contribution in [0.5, 0.6) is 5.75 Å². The number of benzene rings is 1. The largest absolute Gasteiger partial charge is 0.494 e. The first-order chi connectivity index (χ1) is 16.0. The Morgan fingerprint density at radius 2 is 1.94 bits per heavy atom. The number of nitrogens with zero attached hydrogens (tertiary/aromatic N) is 5. The number of hydrogen-bond donors (Lipinski definition) is 1. The van der Waals surface area contributed by atoms with E-state index < -0.39 is 0 Å². The molecular weight excluding hydrogens is 436 g/mol. The molecule has 3 aromatic rings. The van der Waals surface area contributed by atoms with E-state index in [4.69, 9.17) is 14.7 Å². The lowest BCUT2D eigenvalue weighted by molar-refractivity contribution is -0.120. The molecule has 0 radical (unpaired) electrons. The number of amides is 1. The minimum Gasteiger partial charge on any atom is -0.494 e. The van der Waals surface area contributed by atoms with E-state index in [1.807, 2.05) is 42.1 Å². The van der Waals surface area contributed by atoms with Crippen LogP contribution in [0, 0.1) is 0 Å². The van der Waals surface area contributed by atoms with Gasteiger partial charge in [-0.05, 0) is 37.5 Å². The molecule has 1 saturated heterocycles. The molecule has 0 atom stereocenters. The van der Waals surface area contributed by atoms with Gasteiger partial charge < -0.3 is 15.0 Å². The molecule has 8 nitrogen and oxygen atoms in total. The number of thioether (sulfide) groups is 1. The highest BCUT2D eigenvalue weighted by Crippen LogP contribution is 2.30. The SMILES string of the molecule is CCOc1ccc(CC(=O)NCCn2ncc3c(N4CCCC4)nc(SC(C)C)nc32)cc1. The summed E-state index contributed by atoms with van der Waals surface area (Å²) in [5.74, 6) is 1.78. The van der Waals surface area contributed by atoms with Crippen molar-refractivity contribution >= 4 is 34.5 Å². The number of fused-ring (bicyclic) bond motifs is 1. The molecule has 2 aromatic heterocycles. The predicted molar refractivity (Wildman–Crippen MR) is 132 cm³/mol. The lowest BCUT2D eigenvalue weighted by atomic mass is 10.1. The van der Waals surface area contributed by atoms with Crippen LogP contribution in [0.2, 0.25) is 0 Å². The van der Waals surface area contributed by atoms with Gasteiger partial charge in [-0.2, -0.15) is 5.10 Å². The lowest BCUT2D eigenvalue weighted by Crippen LogP contribution is -2.29. The highest BCUT2D eigenvalue weighted by atomic mass is 32.2. The number of ether oxygens (including phenoxy) is 1. The molecule has 176 valence electrons. The van der Waals surface area contributed by atoms with E-state index in [1.165, 1.54) is 12.8 Å². The number of aromatic nitrogens is 4. The summed E-state index contributed by atoms with van der Waals surface area (Å²) < 4.78 is 7.33. The Kier molecular flexibility index (Phi) is 7.69. The molecule has 1 aromatic carbocycles. The number of hydrogen-bond acceptors (Lipinski definition) is 7. The summed E-state index contributed by atoms with van der Waals surface area (Å²) in [5, 5.41) is 9.72. The fourth-order valence-electron chi connectivity index (χ4n) is 3.94. The second-order valence-corrected chi connectivity index (χ2v) is 9.94. The first-order valence-corrected chi connectivity index (χ1v) is 12.5. The number of nitrogens with one attached hydrogen (secondary N) is 1. The maximum atomic E-state index is 12.4. The second-order valence-electron chi connectivity index (χ2n) is 8.40. The van der Waals surface area contributed by atoms with Crippen molar-refractivity contribution in [2.75, 3.05) is 31.1 Å². The summed E-state index contributed by atoms with van der Waals surface area (Å²) >= 11 is 1.66. The third-order valence-corrected chi connectivity index (χ3v) is 6.31. The van der Waals surface area contributed by atoms with Gasteiger partial charge >= 0.3 is 0 Å². The zero-order valence-electron chi connectivity index (χ0n) is 19.6. The van der Waals surface area contributed by atoms with Gasteiger partial charge in [0.25, 0.3) is 0 Å². The average molecular weight is 469 g/mol. The molecular formula is C24H32N6O2S. The molecule has 0 aliphatic carbocycles. The highest BCUT2D eigenvalue weighted by molar-refractivity contribution is 7.99. The number of anilines is 1. The van der Waals surface area contributed by atoms with E-state index in [9.17, 15) is 4.79 Å². The van der Waals surface area contributed by atoms with Gasteiger partial charge in [-0.1, -0.05) is 37.7 Å². The zero-order chi connectivity index (χ0) is 23.2. The quantitative estimate of drug-likeness (QED) is 0.359. The Hall–Kier alpha value is -2.81. The minimum absolute atomic E-state index is 0.0148. The van der Waals surface area contributed by atoms with Crippen LogP contribution in [0.4, 0.5) is 5.82 Å². The molecule has 4 rings (SSSR count). The number of carbonyl (C=O) groups is 1. The minimum atomic E-state index is -0.0148. The van der Waals surface area contributed by atoms with Crippen LogP contribution in [0.25, 0.3) is 11.0 Å². The molecule has 3 heterocycles.